The quantitative estimate of drug-likeness (QED) is 0.831. The highest BCUT2D eigenvalue weighted by molar-refractivity contribution is 7.15. The first-order valence-electron chi connectivity index (χ1n) is 7.61. The Morgan fingerprint density at radius 1 is 1.30 bits per heavy atom. The summed E-state index contributed by atoms with van der Waals surface area (Å²) in [6.07, 6.45) is 4.01. The highest BCUT2D eigenvalue weighted by Gasteiger charge is 2.12. The molecule has 1 aliphatic heterocycles. The number of aryl methyl sites for hydroxylation is 2. The molecule has 4 nitrogen and oxygen atoms in total. The van der Waals surface area contributed by atoms with Crippen LogP contribution in [0.1, 0.15) is 36.3 Å². The zero-order valence-electron chi connectivity index (χ0n) is 12.5. The molecule has 0 atom stereocenters. The number of hydrogen-bond acceptors (Lipinski definition) is 4. The fraction of sp³-hybridized carbons (Fsp3) is 0.667. The molecule has 0 spiro atoms. The summed E-state index contributed by atoms with van der Waals surface area (Å²) in [7, 11) is 0. The van der Waals surface area contributed by atoms with Crippen molar-refractivity contribution in [3.63, 3.8) is 0 Å². The minimum Gasteiger partial charge on any atom is -0.311 e. The second kappa shape index (κ2) is 6.24. The largest absolute Gasteiger partial charge is 0.311 e. The fourth-order valence-corrected chi connectivity index (χ4v) is 3.95. The third kappa shape index (κ3) is 2.90. The number of aromatic nitrogens is 2. The van der Waals surface area contributed by atoms with E-state index in [-0.39, 0.29) is 0 Å². The van der Waals surface area contributed by atoms with E-state index in [1.54, 1.807) is 11.3 Å². The number of nitrogens with one attached hydrogen (secondary N) is 1. The molecule has 2 aromatic heterocycles. The van der Waals surface area contributed by atoms with Gasteiger partial charge in [0, 0.05) is 17.6 Å². The van der Waals surface area contributed by atoms with Gasteiger partial charge in [0.15, 0.2) is 4.96 Å². The molecule has 1 aliphatic rings. The number of likely N-dealkylation sites (tertiary alicyclic amines) is 1. The first-order chi connectivity index (χ1) is 9.75. The molecule has 3 rings (SSSR count). The van der Waals surface area contributed by atoms with E-state index in [4.69, 9.17) is 0 Å². The maximum atomic E-state index is 4.63. The molecule has 0 amide bonds. The van der Waals surface area contributed by atoms with Crippen molar-refractivity contribution in [2.75, 3.05) is 26.2 Å². The van der Waals surface area contributed by atoms with Crippen LogP contribution in [0, 0.1) is 13.8 Å². The van der Waals surface area contributed by atoms with Crippen LogP contribution in [0.3, 0.4) is 0 Å². The van der Waals surface area contributed by atoms with Gasteiger partial charge in [-0.3, -0.25) is 4.40 Å². The third-order valence-electron chi connectivity index (χ3n) is 4.15. The van der Waals surface area contributed by atoms with Gasteiger partial charge in [0.1, 0.15) is 0 Å². The van der Waals surface area contributed by atoms with Gasteiger partial charge in [0.25, 0.3) is 0 Å². The van der Waals surface area contributed by atoms with Crippen LogP contribution >= 0.6 is 11.3 Å². The third-order valence-corrected chi connectivity index (χ3v) is 5.09. The van der Waals surface area contributed by atoms with Crippen molar-refractivity contribution in [2.45, 2.75) is 39.7 Å². The van der Waals surface area contributed by atoms with Crippen LogP contribution in [0.25, 0.3) is 4.96 Å². The van der Waals surface area contributed by atoms with Crippen LogP contribution in [0.2, 0.25) is 0 Å². The molecule has 0 bridgehead atoms. The average Bonchev–Trinajstić information content (AvgIpc) is 3.11. The van der Waals surface area contributed by atoms with E-state index in [0.717, 1.165) is 23.7 Å². The van der Waals surface area contributed by atoms with Crippen LogP contribution in [0.4, 0.5) is 0 Å². The van der Waals surface area contributed by atoms with Crippen LogP contribution in [-0.4, -0.2) is 40.5 Å². The molecule has 0 saturated carbocycles. The van der Waals surface area contributed by atoms with Crippen LogP contribution in [-0.2, 0) is 6.54 Å². The highest BCUT2D eigenvalue weighted by atomic mass is 32.1. The van der Waals surface area contributed by atoms with Crippen molar-refractivity contribution in [1.82, 2.24) is 19.6 Å². The summed E-state index contributed by atoms with van der Waals surface area (Å²) in [5, 5.41) is 5.76. The molecule has 110 valence electrons. The van der Waals surface area contributed by atoms with E-state index in [9.17, 15) is 0 Å². The molecule has 2 aromatic rings. The predicted molar refractivity (Wildman–Crippen MR) is 84.5 cm³/mol. The maximum absolute atomic E-state index is 4.63. The lowest BCUT2D eigenvalue weighted by atomic mass is 10.3. The Hall–Kier alpha value is -0.910. The molecule has 0 radical (unpaired) electrons. The van der Waals surface area contributed by atoms with Crippen molar-refractivity contribution in [2.24, 2.45) is 0 Å². The van der Waals surface area contributed by atoms with E-state index >= 15 is 0 Å². The van der Waals surface area contributed by atoms with Crippen molar-refractivity contribution >= 4 is 16.3 Å². The van der Waals surface area contributed by atoms with Gasteiger partial charge in [-0.25, -0.2) is 4.98 Å². The number of rotatable bonds is 6. The summed E-state index contributed by atoms with van der Waals surface area (Å²) in [5.41, 5.74) is 3.77. The van der Waals surface area contributed by atoms with Crippen LogP contribution in [0.5, 0.6) is 0 Å². The Balaban J connectivity index is 1.49. The Bertz CT molecular complexity index is 566. The molecule has 3 heterocycles. The van der Waals surface area contributed by atoms with Gasteiger partial charge in [-0.1, -0.05) is 0 Å². The molecule has 1 N–H and O–H groups in total. The highest BCUT2D eigenvalue weighted by Crippen LogP contribution is 2.20. The molecular formula is C15H24N4S. The van der Waals surface area contributed by atoms with Crippen molar-refractivity contribution in [3.05, 3.63) is 22.5 Å². The lowest BCUT2D eigenvalue weighted by Gasteiger charge is -2.14. The molecule has 1 saturated heterocycles. The normalized spacial score (nSPS) is 16.5. The van der Waals surface area contributed by atoms with Gasteiger partial charge >= 0.3 is 0 Å². The first kappa shape index (κ1) is 14.0. The van der Waals surface area contributed by atoms with Gasteiger partial charge in [-0.2, -0.15) is 0 Å². The van der Waals surface area contributed by atoms with Crippen LogP contribution in [0.15, 0.2) is 5.38 Å². The summed E-state index contributed by atoms with van der Waals surface area (Å²) < 4.78 is 2.29. The van der Waals surface area contributed by atoms with Crippen LogP contribution < -0.4 is 5.32 Å². The molecule has 0 unspecified atom stereocenters. The zero-order valence-corrected chi connectivity index (χ0v) is 13.3. The SMILES string of the molecule is Cc1nc2scc(C)n2c1CNCCCN1CCCC1. The molecule has 0 aliphatic carbocycles. The first-order valence-corrected chi connectivity index (χ1v) is 8.49. The van der Waals surface area contributed by atoms with Gasteiger partial charge < -0.3 is 10.2 Å². The van der Waals surface area contributed by atoms with Gasteiger partial charge in [0.05, 0.1) is 11.4 Å². The van der Waals surface area contributed by atoms with E-state index in [1.807, 2.05) is 0 Å². The predicted octanol–water partition coefficient (Wildman–Crippen LogP) is 2.59. The summed E-state index contributed by atoms with van der Waals surface area (Å²) in [6.45, 7) is 10.1. The molecule has 1 fully saturated rings. The second-order valence-corrected chi connectivity index (χ2v) is 6.55. The van der Waals surface area contributed by atoms with Gasteiger partial charge in [-0.15, -0.1) is 11.3 Å². The number of hydrogen-bond donors (Lipinski definition) is 1. The fourth-order valence-electron chi connectivity index (χ4n) is 3.02. The molecular weight excluding hydrogens is 268 g/mol. The molecule has 0 aromatic carbocycles. The van der Waals surface area contributed by atoms with Crippen molar-refractivity contribution in [1.29, 1.82) is 0 Å². The second-order valence-electron chi connectivity index (χ2n) is 5.72. The lowest BCUT2D eigenvalue weighted by Crippen LogP contribution is -2.25. The summed E-state index contributed by atoms with van der Waals surface area (Å²) in [6, 6.07) is 0. The smallest absolute Gasteiger partial charge is 0.194 e. The molecule has 5 heteroatoms. The maximum Gasteiger partial charge on any atom is 0.194 e. The Morgan fingerprint density at radius 3 is 2.90 bits per heavy atom. The summed E-state index contributed by atoms with van der Waals surface area (Å²) in [4.78, 5) is 8.32. The standard InChI is InChI=1S/C15H24N4S/c1-12-11-20-15-17-13(2)14(19(12)15)10-16-6-5-9-18-7-3-4-8-18/h11,16H,3-10H2,1-2H3. The average molecular weight is 292 g/mol. The minimum atomic E-state index is 0.921. The Labute approximate surface area is 124 Å². The topological polar surface area (TPSA) is 32.6 Å². The zero-order chi connectivity index (χ0) is 13.9. The van der Waals surface area contributed by atoms with E-state index in [2.05, 4.69) is 38.8 Å². The Kier molecular flexibility index (Phi) is 4.38. The number of thiazole rings is 1. The molecule has 20 heavy (non-hydrogen) atoms. The van der Waals surface area contributed by atoms with E-state index < -0.39 is 0 Å². The number of nitrogens with zero attached hydrogens (tertiary/aromatic N) is 3. The number of fused-ring (bicyclic) bond motifs is 1. The number of imidazole rings is 1. The Morgan fingerprint density at radius 2 is 2.10 bits per heavy atom. The monoisotopic (exact) mass is 292 g/mol. The minimum absolute atomic E-state index is 0.921. The van der Waals surface area contributed by atoms with Gasteiger partial charge in [-0.05, 0) is 59.3 Å². The lowest BCUT2D eigenvalue weighted by molar-refractivity contribution is 0.331. The van der Waals surface area contributed by atoms with E-state index in [1.165, 1.54) is 50.3 Å². The summed E-state index contributed by atoms with van der Waals surface area (Å²) in [5.74, 6) is 0. The van der Waals surface area contributed by atoms with E-state index in [0.29, 0.717) is 0 Å². The van der Waals surface area contributed by atoms with Gasteiger partial charge in [0.2, 0.25) is 0 Å². The van der Waals surface area contributed by atoms with Crippen molar-refractivity contribution in [3.8, 4) is 0 Å². The van der Waals surface area contributed by atoms with Crippen molar-refractivity contribution < 1.29 is 0 Å². The summed E-state index contributed by atoms with van der Waals surface area (Å²) >= 11 is 1.73.